The van der Waals surface area contributed by atoms with Crippen molar-refractivity contribution in [3.05, 3.63) is 53.0 Å². The lowest BCUT2D eigenvalue weighted by atomic mass is 10.1. The van der Waals surface area contributed by atoms with Gasteiger partial charge in [0.25, 0.3) is 5.91 Å². The molecule has 2 aromatic rings. The van der Waals surface area contributed by atoms with E-state index in [9.17, 15) is 4.79 Å². The minimum absolute atomic E-state index is 0.128. The molecule has 1 saturated heterocycles. The van der Waals surface area contributed by atoms with Gasteiger partial charge in [0, 0.05) is 18.3 Å². The first kappa shape index (κ1) is 14.5. The van der Waals surface area contributed by atoms with Crippen LogP contribution in [0.2, 0.25) is 0 Å². The smallest absolute Gasteiger partial charge is 0.276 e. The van der Waals surface area contributed by atoms with Crippen LogP contribution in [0.5, 0.6) is 0 Å². The van der Waals surface area contributed by atoms with Crippen molar-refractivity contribution in [2.45, 2.75) is 13.8 Å². The summed E-state index contributed by atoms with van der Waals surface area (Å²) >= 11 is 5.09. The van der Waals surface area contributed by atoms with E-state index >= 15 is 0 Å². The third kappa shape index (κ3) is 2.31. The van der Waals surface area contributed by atoms with Crippen LogP contribution in [0.25, 0.3) is 11.8 Å². The highest BCUT2D eigenvalue weighted by Crippen LogP contribution is 2.21. The number of hydrogen-bond acceptors (Lipinski definition) is 3. The Labute approximate surface area is 134 Å². The average Bonchev–Trinajstić information content (AvgIpc) is 2.93. The standard InChI is InChI=1S/C16H16N4OS/c1-10-13(9-14-15(21)19(3)16(22)17-14)11(2)20(18-10)12-7-5-4-6-8-12/h4-9H,1-3H3,(H,17,22)/b14-9+. The zero-order valence-corrected chi connectivity index (χ0v) is 13.4. The summed E-state index contributed by atoms with van der Waals surface area (Å²) in [7, 11) is 1.66. The lowest BCUT2D eigenvalue weighted by Gasteiger charge is -2.04. The predicted octanol–water partition coefficient (Wildman–Crippen LogP) is 2.18. The molecule has 1 aromatic heterocycles. The van der Waals surface area contributed by atoms with Crippen LogP contribution in [0.1, 0.15) is 17.0 Å². The van der Waals surface area contributed by atoms with E-state index < -0.39 is 0 Å². The normalized spacial score (nSPS) is 16.5. The molecule has 1 aliphatic heterocycles. The molecule has 1 aromatic carbocycles. The van der Waals surface area contributed by atoms with Crippen LogP contribution in [0.15, 0.2) is 36.0 Å². The topological polar surface area (TPSA) is 50.2 Å². The fourth-order valence-electron chi connectivity index (χ4n) is 2.45. The van der Waals surface area contributed by atoms with Crippen LogP contribution in [0, 0.1) is 13.8 Å². The lowest BCUT2D eigenvalue weighted by molar-refractivity contribution is -0.121. The van der Waals surface area contributed by atoms with Gasteiger partial charge in [-0.25, -0.2) is 4.68 Å². The minimum atomic E-state index is -0.128. The zero-order valence-electron chi connectivity index (χ0n) is 12.6. The zero-order chi connectivity index (χ0) is 15.9. The summed E-state index contributed by atoms with van der Waals surface area (Å²) in [5.74, 6) is -0.128. The molecular weight excluding hydrogens is 296 g/mol. The van der Waals surface area contributed by atoms with Gasteiger partial charge in [0.1, 0.15) is 5.70 Å². The number of amides is 1. The fourth-order valence-corrected chi connectivity index (χ4v) is 2.64. The third-order valence-corrected chi connectivity index (χ3v) is 4.09. The molecule has 0 bridgehead atoms. The number of hydrogen-bond donors (Lipinski definition) is 1. The number of nitrogens with zero attached hydrogens (tertiary/aromatic N) is 3. The van der Waals surface area contributed by atoms with Crippen LogP contribution >= 0.6 is 12.2 Å². The van der Waals surface area contributed by atoms with Crippen LogP contribution in [0.3, 0.4) is 0 Å². The number of thiocarbonyl (C=S) groups is 1. The molecule has 0 spiro atoms. The molecule has 5 nitrogen and oxygen atoms in total. The number of likely N-dealkylation sites (N-methyl/N-ethyl adjacent to an activating group) is 1. The van der Waals surface area contributed by atoms with Gasteiger partial charge in [0.05, 0.1) is 11.4 Å². The Morgan fingerprint density at radius 1 is 1.23 bits per heavy atom. The van der Waals surface area contributed by atoms with E-state index in [1.165, 1.54) is 4.90 Å². The molecule has 1 aliphatic rings. The van der Waals surface area contributed by atoms with Gasteiger partial charge in [-0.3, -0.25) is 9.69 Å². The predicted molar refractivity (Wildman–Crippen MR) is 89.5 cm³/mol. The summed E-state index contributed by atoms with van der Waals surface area (Å²) in [6.07, 6.45) is 1.81. The average molecular weight is 312 g/mol. The van der Waals surface area contributed by atoms with E-state index in [0.29, 0.717) is 10.8 Å². The Morgan fingerprint density at radius 2 is 1.91 bits per heavy atom. The van der Waals surface area contributed by atoms with Gasteiger partial charge in [-0.2, -0.15) is 5.10 Å². The second kappa shape index (κ2) is 5.38. The molecule has 1 amide bonds. The second-order valence-electron chi connectivity index (χ2n) is 5.18. The maximum atomic E-state index is 12.1. The van der Waals surface area contributed by atoms with Gasteiger partial charge in [-0.15, -0.1) is 0 Å². The minimum Gasteiger partial charge on any atom is -0.328 e. The highest BCUT2D eigenvalue weighted by molar-refractivity contribution is 7.80. The van der Waals surface area contributed by atoms with Crippen LogP contribution in [-0.2, 0) is 4.79 Å². The Morgan fingerprint density at radius 3 is 2.50 bits per heavy atom. The van der Waals surface area contributed by atoms with Crippen molar-refractivity contribution in [1.29, 1.82) is 0 Å². The number of carbonyl (C=O) groups is 1. The molecule has 6 heteroatoms. The molecule has 0 atom stereocenters. The van der Waals surface area contributed by atoms with E-state index in [1.54, 1.807) is 7.05 Å². The number of aromatic nitrogens is 2. The molecule has 1 N–H and O–H groups in total. The van der Waals surface area contributed by atoms with E-state index in [0.717, 1.165) is 22.6 Å². The van der Waals surface area contributed by atoms with Crippen LogP contribution in [0.4, 0.5) is 0 Å². The molecule has 22 heavy (non-hydrogen) atoms. The SMILES string of the molecule is Cc1nn(-c2ccccc2)c(C)c1/C=C1/NC(=S)N(C)C1=O. The van der Waals surface area contributed by atoms with Crippen LogP contribution in [-0.4, -0.2) is 32.7 Å². The summed E-state index contributed by atoms with van der Waals surface area (Å²) in [6, 6.07) is 9.91. The number of para-hydroxylation sites is 1. The Hall–Kier alpha value is -2.47. The molecule has 2 heterocycles. The number of nitrogens with one attached hydrogen (secondary N) is 1. The molecule has 112 valence electrons. The first-order valence-corrected chi connectivity index (χ1v) is 7.32. The Kier molecular flexibility index (Phi) is 3.54. The molecule has 1 fully saturated rings. The summed E-state index contributed by atoms with van der Waals surface area (Å²) in [5, 5.41) is 7.93. The molecule has 0 aliphatic carbocycles. The summed E-state index contributed by atoms with van der Waals surface area (Å²) < 4.78 is 1.88. The molecule has 0 radical (unpaired) electrons. The quantitative estimate of drug-likeness (QED) is 0.682. The summed E-state index contributed by atoms with van der Waals surface area (Å²) in [5.41, 5.74) is 4.24. The number of benzene rings is 1. The molecule has 0 saturated carbocycles. The molecular formula is C16H16N4OS. The first-order chi connectivity index (χ1) is 10.5. The van der Waals surface area contributed by atoms with Crippen molar-refractivity contribution >= 4 is 29.3 Å². The summed E-state index contributed by atoms with van der Waals surface area (Å²) in [6.45, 7) is 3.92. The number of carbonyl (C=O) groups excluding carboxylic acids is 1. The van der Waals surface area contributed by atoms with E-state index in [-0.39, 0.29) is 5.91 Å². The van der Waals surface area contributed by atoms with Gasteiger partial charge in [-0.05, 0) is 44.3 Å². The Balaban J connectivity index is 2.05. The van der Waals surface area contributed by atoms with Gasteiger partial charge in [0.15, 0.2) is 5.11 Å². The van der Waals surface area contributed by atoms with Gasteiger partial charge < -0.3 is 5.32 Å². The van der Waals surface area contributed by atoms with Crippen LogP contribution < -0.4 is 5.32 Å². The van der Waals surface area contributed by atoms with E-state index in [1.807, 2.05) is 54.9 Å². The number of rotatable bonds is 2. The van der Waals surface area contributed by atoms with Gasteiger partial charge in [-0.1, -0.05) is 18.2 Å². The highest BCUT2D eigenvalue weighted by atomic mass is 32.1. The Bertz CT molecular complexity index is 792. The van der Waals surface area contributed by atoms with Gasteiger partial charge in [0.2, 0.25) is 0 Å². The number of aryl methyl sites for hydroxylation is 1. The highest BCUT2D eigenvalue weighted by Gasteiger charge is 2.27. The largest absolute Gasteiger partial charge is 0.328 e. The van der Waals surface area contributed by atoms with Crippen molar-refractivity contribution in [3.63, 3.8) is 0 Å². The maximum Gasteiger partial charge on any atom is 0.276 e. The summed E-state index contributed by atoms with van der Waals surface area (Å²) in [4.78, 5) is 13.5. The fraction of sp³-hybridized carbons (Fsp3) is 0.188. The van der Waals surface area contributed by atoms with Crippen molar-refractivity contribution in [2.24, 2.45) is 0 Å². The monoisotopic (exact) mass is 312 g/mol. The third-order valence-electron chi connectivity index (χ3n) is 3.72. The molecule has 0 unspecified atom stereocenters. The van der Waals surface area contributed by atoms with Crippen molar-refractivity contribution in [3.8, 4) is 5.69 Å². The first-order valence-electron chi connectivity index (χ1n) is 6.91. The van der Waals surface area contributed by atoms with Gasteiger partial charge >= 0.3 is 0 Å². The van der Waals surface area contributed by atoms with E-state index in [2.05, 4.69) is 10.4 Å². The lowest BCUT2D eigenvalue weighted by Crippen LogP contribution is -2.25. The van der Waals surface area contributed by atoms with Crippen molar-refractivity contribution in [2.75, 3.05) is 7.05 Å². The maximum absolute atomic E-state index is 12.1. The van der Waals surface area contributed by atoms with Crippen molar-refractivity contribution in [1.82, 2.24) is 20.0 Å². The van der Waals surface area contributed by atoms with E-state index in [4.69, 9.17) is 12.2 Å². The second-order valence-corrected chi connectivity index (χ2v) is 5.57. The van der Waals surface area contributed by atoms with Crippen molar-refractivity contribution < 1.29 is 4.79 Å². The molecule has 3 rings (SSSR count).